The Kier molecular flexibility index (Phi) is 5.83. The van der Waals surface area contributed by atoms with Gasteiger partial charge in [-0.2, -0.15) is 4.98 Å². The van der Waals surface area contributed by atoms with Gasteiger partial charge in [-0.1, -0.05) is 25.0 Å². The van der Waals surface area contributed by atoms with Gasteiger partial charge in [-0.15, -0.1) is 0 Å². The summed E-state index contributed by atoms with van der Waals surface area (Å²) in [4.78, 5) is 26.7. The Morgan fingerprint density at radius 3 is 2.69 bits per heavy atom. The number of carbonyl (C=O) groups excluding carboxylic acids is 1. The topological polar surface area (TPSA) is 102 Å². The van der Waals surface area contributed by atoms with Crippen LogP contribution in [0, 0.1) is 10.8 Å². The molecule has 0 saturated heterocycles. The molecular formula is C24H36N7O+. The maximum absolute atomic E-state index is 13.2. The average Bonchev–Trinajstić information content (AvgIpc) is 3.27. The molecule has 4 rings (SSSR count). The Hall–Kier alpha value is -2.74. The fourth-order valence-corrected chi connectivity index (χ4v) is 5.13. The summed E-state index contributed by atoms with van der Waals surface area (Å²) in [5.41, 5.74) is 1.07. The van der Waals surface area contributed by atoms with Crippen LogP contribution in [0.1, 0.15) is 52.9 Å². The van der Waals surface area contributed by atoms with Crippen LogP contribution in [-0.2, 0) is 4.79 Å². The first kappa shape index (κ1) is 22.5. The van der Waals surface area contributed by atoms with Crippen LogP contribution < -0.4 is 20.4 Å². The highest BCUT2D eigenvalue weighted by Crippen LogP contribution is 2.40. The van der Waals surface area contributed by atoms with Crippen LogP contribution in [0.2, 0.25) is 0 Å². The molecule has 0 radical (unpaired) electrons. The number of nitrogens with two attached hydrogens (primary N) is 1. The van der Waals surface area contributed by atoms with E-state index in [1.54, 1.807) is 11.1 Å². The van der Waals surface area contributed by atoms with Gasteiger partial charge in [-0.05, 0) is 40.0 Å². The average molecular weight is 439 g/mol. The van der Waals surface area contributed by atoms with Crippen molar-refractivity contribution in [3.63, 3.8) is 0 Å². The number of allylic oxidation sites excluding steroid dienone is 1. The van der Waals surface area contributed by atoms with E-state index in [1.807, 2.05) is 52.5 Å². The van der Waals surface area contributed by atoms with E-state index in [4.69, 9.17) is 10.4 Å². The van der Waals surface area contributed by atoms with Crippen molar-refractivity contribution in [2.75, 3.05) is 35.8 Å². The summed E-state index contributed by atoms with van der Waals surface area (Å²) in [6.07, 6.45) is 13.1. The SMILES string of the molecule is C[NH2+]/C=C1/C=CCC(C)(Nc2ncc3c(n2)N(C2CCCC2)CC(C)(C)C(=O)N3C)C1=N. The fourth-order valence-electron chi connectivity index (χ4n) is 5.13. The van der Waals surface area contributed by atoms with E-state index >= 15 is 0 Å². The minimum absolute atomic E-state index is 0.0836. The van der Waals surface area contributed by atoms with E-state index in [-0.39, 0.29) is 5.91 Å². The van der Waals surface area contributed by atoms with Crippen LogP contribution in [0.25, 0.3) is 0 Å². The van der Waals surface area contributed by atoms with Crippen LogP contribution in [0.3, 0.4) is 0 Å². The maximum atomic E-state index is 13.2. The summed E-state index contributed by atoms with van der Waals surface area (Å²) >= 11 is 0. The minimum atomic E-state index is -0.595. The zero-order valence-electron chi connectivity index (χ0n) is 19.9. The Morgan fingerprint density at radius 1 is 1.28 bits per heavy atom. The Labute approximate surface area is 190 Å². The van der Waals surface area contributed by atoms with Gasteiger partial charge in [0.15, 0.2) is 5.82 Å². The molecule has 1 atom stereocenters. The van der Waals surface area contributed by atoms with E-state index < -0.39 is 11.0 Å². The minimum Gasteiger partial charge on any atom is -0.351 e. The third-order valence-electron chi connectivity index (χ3n) is 7.00. The van der Waals surface area contributed by atoms with E-state index in [1.165, 1.54) is 12.8 Å². The molecule has 1 aliphatic heterocycles. The third-order valence-corrected chi connectivity index (χ3v) is 7.00. The van der Waals surface area contributed by atoms with Crippen molar-refractivity contribution < 1.29 is 10.1 Å². The van der Waals surface area contributed by atoms with E-state index in [2.05, 4.69) is 21.3 Å². The second-order valence-corrected chi connectivity index (χ2v) is 10.1. The highest BCUT2D eigenvalue weighted by atomic mass is 16.2. The number of quaternary nitrogens is 1. The Bertz CT molecular complexity index is 977. The predicted octanol–water partition coefficient (Wildman–Crippen LogP) is 2.46. The molecule has 2 aliphatic carbocycles. The highest BCUT2D eigenvalue weighted by Gasteiger charge is 2.42. The smallest absolute Gasteiger partial charge is 0.234 e. The van der Waals surface area contributed by atoms with Gasteiger partial charge in [0.25, 0.3) is 0 Å². The maximum Gasteiger partial charge on any atom is 0.234 e. The lowest BCUT2D eigenvalue weighted by Crippen LogP contribution is -2.73. The number of nitrogens with zero attached hydrogens (tertiary/aromatic N) is 4. The molecule has 1 fully saturated rings. The van der Waals surface area contributed by atoms with Gasteiger partial charge in [-0.3, -0.25) is 4.79 Å². The van der Waals surface area contributed by atoms with Gasteiger partial charge >= 0.3 is 0 Å². The second kappa shape index (κ2) is 8.31. The number of fused-ring (bicyclic) bond motifs is 1. The van der Waals surface area contributed by atoms with Crippen molar-refractivity contribution in [3.8, 4) is 0 Å². The first-order valence-electron chi connectivity index (χ1n) is 11.6. The van der Waals surface area contributed by atoms with Gasteiger partial charge in [0.2, 0.25) is 11.9 Å². The molecule has 1 aromatic rings. The summed E-state index contributed by atoms with van der Waals surface area (Å²) < 4.78 is 0. The molecule has 0 bridgehead atoms. The van der Waals surface area contributed by atoms with Gasteiger partial charge < -0.3 is 25.8 Å². The standard InChI is InChI=1S/C24H35N7O/c1-23(2)15-31(17-10-6-7-11-17)20-18(30(5)21(23)32)14-27-22(28-20)29-24(3)12-8-9-16(13-26-4)19(24)25/h8-9,13-14,17,25-26H,6-7,10-12,15H2,1-5H3,(H,27,28,29)/p+1/b16-13-,25-19?. The van der Waals surface area contributed by atoms with Crippen molar-refractivity contribution in [2.45, 2.75) is 64.5 Å². The van der Waals surface area contributed by atoms with E-state index in [0.717, 1.165) is 29.9 Å². The van der Waals surface area contributed by atoms with Crippen molar-refractivity contribution in [3.05, 3.63) is 30.1 Å². The zero-order valence-corrected chi connectivity index (χ0v) is 19.9. The molecule has 4 N–H and O–H groups in total. The van der Waals surface area contributed by atoms with Gasteiger partial charge in [0.05, 0.1) is 35.5 Å². The van der Waals surface area contributed by atoms with Crippen LogP contribution in [0.5, 0.6) is 0 Å². The molecule has 1 aromatic heterocycles. The van der Waals surface area contributed by atoms with E-state index in [9.17, 15) is 4.79 Å². The van der Waals surface area contributed by atoms with Crippen molar-refractivity contribution in [1.82, 2.24) is 9.97 Å². The quantitative estimate of drug-likeness (QED) is 0.670. The van der Waals surface area contributed by atoms with Gasteiger partial charge in [-0.25, -0.2) is 4.98 Å². The van der Waals surface area contributed by atoms with Crippen molar-refractivity contribution in [2.24, 2.45) is 5.41 Å². The van der Waals surface area contributed by atoms with Gasteiger partial charge in [0.1, 0.15) is 11.9 Å². The van der Waals surface area contributed by atoms with Crippen LogP contribution in [0.4, 0.5) is 17.5 Å². The summed E-state index contributed by atoms with van der Waals surface area (Å²) in [6.45, 7) is 6.69. The molecule has 1 saturated carbocycles. The zero-order chi connectivity index (χ0) is 23.1. The lowest BCUT2D eigenvalue weighted by molar-refractivity contribution is -0.556. The molecule has 8 heteroatoms. The molecule has 32 heavy (non-hydrogen) atoms. The van der Waals surface area contributed by atoms with Crippen molar-refractivity contribution >= 4 is 29.1 Å². The first-order chi connectivity index (χ1) is 15.2. The molecule has 0 aromatic carbocycles. The molecule has 8 nitrogen and oxygen atoms in total. The summed E-state index contributed by atoms with van der Waals surface area (Å²) in [7, 11) is 3.78. The third kappa shape index (κ3) is 3.92. The number of hydrogen-bond acceptors (Lipinski definition) is 6. The van der Waals surface area contributed by atoms with Gasteiger partial charge in [0, 0.05) is 19.6 Å². The lowest BCUT2D eigenvalue weighted by Gasteiger charge is -2.35. The van der Waals surface area contributed by atoms with Crippen LogP contribution in [-0.4, -0.2) is 53.8 Å². The van der Waals surface area contributed by atoms with Crippen LogP contribution >= 0.6 is 0 Å². The summed E-state index contributed by atoms with van der Waals surface area (Å²) in [6, 6.07) is 0.385. The molecule has 0 spiro atoms. The summed E-state index contributed by atoms with van der Waals surface area (Å²) in [5, 5.41) is 14.1. The first-order valence-corrected chi connectivity index (χ1v) is 11.6. The molecule has 172 valence electrons. The normalized spacial score (nSPS) is 27.1. The molecule has 1 amide bonds. The number of nitrogens with one attached hydrogen (secondary N) is 2. The van der Waals surface area contributed by atoms with Crippen molar-refractivity contribution in [1.29, 1.82) is 5.41 Å². The molecule has 3 aliphatic rings. The molecule has 2 heterocycles. The largest absolute Gasteiger partial charge is 0.351 e. The summed E-state index contributed by atoms with van der Waals surface area (Å²) in [5.74, 6) is 1.39. The number of rotatable bonds is 4. The molecular weight excluding hydrogens is 402 g/mol. The number of aromatic nitrogens is 2. The number of amides is 1. The lowest BCUT2D eigenvalue weighted by atomic mass is 9.83. The van der Waals surface area contributed by atoms with Crippen LogP contribution in [0.15, 0.2) is 30.1 Å². The monoisotopic (exact) mass is 438 g/mol. The number of carbonyl (C=O) groups is 1. The highest BCUT2D eigenvalue weighted by molar-refractivity contribution is 6.09. The Balaban J connectivity index is 1.72. The molecule has 1 unspecified atom stereocenters. The number of hydrogen-bond donors (Lipinski definition) is 3. The predicted molar refractivity (Wildman–Crippen MR) is 128 cm³/mol. The van der Waals surface area contributed by atoms with E-state index in [0.29, 0.717) is 30.7 Å². The second-order valence-electron chi connectivity index (χ2n) is 10.1. The Morgan fingerprint density at radius 2 is 2.00 bits per heavy atom. The number of anilines is 3. The fraction of sp³-hybridized carbons (Fsp3) is 0.583.